The summed E-state index contributed by atoms with van der Waals surface area (Å²) in [5, 5.41) is 8.49. The van der Waals surface area contributed by atoms with Crippen molar-refractivity contribution in [2.75, 3.05) is 45.9 Å². The molecule has 2 rings (SSSR count). The van der Waals surface area contributed by atoms with E-state index in [1.165, 1.54) is 0 Å². The Balaban J connectivity index is 0.000000199. The molecule has 18 heavy (non-hydrogen) atoms. The van der Waals surface area contributed by atoms with E-state index in [1.807, 2.05) is 0 Å². The van der Waals surface area contributed by atoms with Crippen molar-refractivity contribution >= 4 is 10.1 Å². The molecule has 0 amide bonds. The molecule has 0 saturated carbocycles. The zero-order valence-electron chi connectivity index (χ0n) is 10.7. The molecule has 7 heteroatoms. The van der Waals surface area contributed by atoms with Crippen LogP contribution in [0.5, 0.6) is 0 Å². The van der Waals surface area contributed by atoms with E-state index in [9.17, 15) is 8.42 Å². The minimum absolute atomic E-state index is 0.254. The van der Waals surface area contributed by atoms with E-state index in [0.717, 1.165) is 38.9 Å². The first kappa shape index (κ1) is 15.8. The van der Waals surface area contributed by atoms with E-state index in [1.54, 1.807) is 0 Å². The molecule has 2 aliphatic heterocycles. The highest BCUT2D eigenvalue weighted by Crippen LogP contribution is 2.12. The largest absolute Gasteiger partial charge is 0.396 e. The van der Waals surface area contributed by atoms with E-state index >= 15 is 0 Å². The Kier molecular flexibility index (Phi) is 7.10. The maximum absolute atomic E-state index is 10.5. The van der Waals surface area contributed by atoms with Crippen LogP contribution in [0, 0.1) is 11.8 Å². The Labute approximate surface area is 108 Å². The number of hydrogen-bond donors (Lipinski definition) is 1. The SMILES string of the molecule is CS(=O)(=O)OCC1CCOC1.OCC1CCOC1. The molecule has 2 fully saturated rings. The van der Waals surface area contributed by atoms with Crippen LogP contribution in [0.4, 0.5) is 0 Å². The number of aliphatic hydroxyl groups is 1. The summed E-state index contributed by atoms with van der Waals surface area (Å²) in [5.74, 6) is 0.685. The fourth-order valence-electron chi connectivity index (χ4n) is 1.66. The first-order chi connectivity index (χ1) is 8.51. The van der Waals surface area contributed by atoms with Crippen LogP contribution in [0.2, 0.25) is 0 Å². The summed E-state index contributed by atoms with van der Waals surface area (Å²) in [5.41, 5.74) is 0. The predicted molar refractivity (Wildman–Crippen MR) is 65.7 cm³/mol. The van der Waals surface area contributed by atoms with Crippen molar-refractivity contribution in [1.82, 2.24) is 0 Å². The van der Waals surface area contributed by atoms with Crippen molar-refractivity contribution in [1.29, 1.82) is 0 Å². The Morgan fingerprint density at radius 2 is 1.72 bits per heavy atom. The molecular weight excluding hydrogens is 260 g/mol. The van der Waals surface area contributed by atoms with Gasteiger partial charge in [0.05, 0.1) is 26.1 Å². The highest BCUT2D eigenvalue weighted by molar-refractivity contribution is 7.85. The second-order valence-electron chi connectivity index (χ2n) is 4.63. The van der Waals surface area contributed by atoms with Gasteiger partial charge in [0.2, 0.25) is 0 Å². The Hall–Kier alpha value is -0.210. The summed E-state index contributed by atoms with van der Waals surface area (Å²) in [6.45, 7) is 3.49. The van der Waals surface area contributed by atoms with Gasteiger partial charge in [-0.1, -0.05) is 0 Å². The van der Waals surface area contributed by atoms with Crippen LogP contribution < -0.4 is 0 Å². The summed E-state index contributed by atoms with van der Waals surface area (Å²) >= 11 is 0. The zero-order chi connectivity index (χ0) is 13.4. The Morgan fingerprint density at radius 3 is 2.06 bits per heavy atom. The van der Waals surface area contributed by atoms with Crippen molar-refractivity contribution in [3.8, 4) is 0 Å². The zero-order valence-corrected chi connectivity index (χ0v) is 11.5. The van der Waals surface area contributed by atoms with Gasteiger partial charge in [0.15, 0.2) is 0 Å². The van der Waals surface area contributed by atoms with Crippen LogP contribution in [0.3, 0.4) is 0 Å². The number of rotatable bonds is 4. The molecule has 2 atom stereocenters. The number of ether oxygens (including phenoxy) is 2. The second kappa shape index (κ2) is 8.06. The maximum atomic E-state index is 10.5. The fraction of sp³-hybridized carbons (Fsp3) is 1.00. The normalized spacial score (nSPS) is 27.9. The van der Waals surface area contributed by atoms with Gasteiger partial charge in [-0.2, -0.15) is 8.42 Å². The molecule has 0 aromatic heterocycles. The summed E-state index contributed by atoms with van der Waals surface area (Å²) < 4.78 is 35.7. The first-order valence-electron chi connectivity index (χ1n) is 6.12. The lowest BCUT2D eigenvalue weighted by Crippen LogP contribution is -2.13. The molecule has 0 aromatic carbocycles. The van der Waals surface area contributed by atoms with Crippen molar-refractivity contribution in [3.05, 3.63) is 0 Å². The molecule has 0 bridgehead atoms. The van der Waals surface area contributed by atoms with Gasteiger partial charge in [0.25, 0.3) is 10.1 Å². The molecule has 2 aliphatic rings. The first-order valence-corrected chi connectivity index (χ1v) is 7.93. The lowest BCUT2D eigenvalue weighted by molar-refractivity contribution is 0.161. The molecule has 0 aliphatic carbocycles. The molecule has 6 nitrogen and oxygen atoms in total. The van der Waals surface area contributed by atoms with E-state index in [2.05, 4.69) is 4.18 Å². The third kappa shape index (κ3) is 7.27. The lowest BCUT2D eigenvalue weighted by Gasteiger charge is -2.05. The number of aliphatic hydroxyl groups excluding tert-OH is 1. The molecule has 0 spiro atoms. The van der Waals surface area contributed by atoms with Crippen LogP contribution in [0.1, 0.15) is 12.8 Å². The Bertz CT molecular complexity index is 303. The van der Waals surface area contributed by atoms with Crippen LogP contribution >= 0.6 is 0 Å². The monoisotopic (exact) mass is 282 g/mol. The van der Waals surface area contributed by atoms with Gasteiger partial charge in [0.1, 0.15) is 0 Å². The van der Waals surface area contributed by atoms with Gasteiger partial charge >= 0.3 is 0 Å². The molecule has 2 unspecified atom stereocenters. The molecule has 1 N–H and O–H groups in total. The van der Waals surface area contributed by atoms with E-state index in [4.69, 9.17) is 14.6 Å². The van der Waals surface area contributed by atoms with Gasteiger partial charge in [-0.3, -0.25) is 4.18 Å². The minimum atomic E-state index is -3.27. The van der Waals surface area contributed by atoms with Crippen molar-refractivity contribution in [2.45, 2.75) is 12.8 Å². The Morgan fingerprint density at radius 1 is 1.17 bits per heavy atom. The topological polar surface area (TPSA) is 82.1 Å². The van der Waals surface area contributed by atoms with E-state index in [0.29, 0.717) is 19.1 Å². The van der Waals surface area contributed by atoms with Crippen molar-refractivity contribution < 1.29 is 27.2 Å². The third-order valence-corrected chi connectivity index (χ3v) is 3.39. The molecule has 2 heterocycles. The molecule has 0 aromatic rings. The number of hydrogen-bond acceptors (Lipinski definition) is 6. The fourth-order valence-corrected chi connectivity index (χ4v) is 2.10. The molecular formula is C11H22O6S. The summed E-state index contributed by atoms with van der Waals surface area (Å²) in [6, 6.07) is 0. The predicted octanol–water partition coefficient (Wildman–Crippen LogP) is 0.0143. The van der Waals surface area contributed by atoms with E-state index < -0.39 is 10.1 Å². The summed E-state index contributed by atoms with van der Waals surface area (Å²) in [6.07, 6.45) is 2.99. The maximum Gasteiger partial charge on any atom is 0.264 e. The van der Waals surface area contributed by atoms with Crippen LogP contribution in [-0.2, 0) is 23.8 Å². The van der Waals surface area contributed by atoms with Crippen LogP contribution in [0.15, 0.2) is 0 Å². The standard InChI is InChI=1S/C6H12O4S.C5H10O2/c1-11(7,8)10-5-6-2-3-9-4-6;6-3-5-1-2-7-4-5/h6H,2-5H2,1H3;5-6H,1-4H2. The third-order valence-electron chi connectivity index (χ3n) is 2.82. The quantitative estimate of drug-likeness (QED) is 0.732. The average Bonchev–Trinajstić information content (AvgIpc) is 2.99. The lowest BCUT2D eigenvalue weighted by atomic mass is 10.1. The molecule has 2 saturated heterocycles. The summed E-state index contributed by atoms with van der Waals surface area (Å²) in [7, 11) is -3.27. The minimum Gasteiger partial charge on any atom is -0.396 e. The average molecular weight is 282 g/mol. The van der Waals surface area contributed by atoms with Crippen molar-refractivity contribution in [3.63, 3.8) is 0 Å². The van der Waals surface area contributed by atoms with Gasteiger partial charge in [-0.05, 0) is 12.8 Å². The second-order valence-corrected chi connectivity index (χ2v) is 6.27. The summed E-state index contributed by atoms with van der Waals surface area (Å²) in [4.78, 5) is 0. The van der Waals surface area contributed by atoms with Gasteiger partial charge < -0.3 is 14.6 Å². The molecule has 0 radical (unpaired) electrons. The highest BCUT2D eigenvalue weighted by Gasteiger charge is 2.17. The van der Waals surface area contributed by atoms with Gasteiger partial charge in [-0.25, -0.2) is 0 Å². The highest BCUT2D eigenvalue weighted by atomic mass is 32.2. The smallest absolute Gasteiger partial charge is 0.264 e. The van der Waals surface area contributed by atoms with Crippen LogP contribution in [-0.4, -0.2) is 59.4 Å². The van der Waals surface area contributed by atoms with Gasteiger partial charge in [0, 0.05) is 31.7 Å². The molecule has 108 valence electrons. The van der Waals surface area contributed by atoms with Crippen LogP contribution in [0.25, 0.3) is 0 Å². The van der Waals surface area contributed by atoms with Gasteiger partial charge in [-0.15, -0.1) is 0 Å². The van der Waals surface area contributed by atoms with Crippen molar-refractivity contribution in [2.24, 2.45) is 11.8 Å². The van der Waals surface area contributed by atoms with E-state index in [-0.39, 0.29) is 12.5 Å².